The van der Waals surface area contributed by atoms with Crippen LogP contribution in [0.1, 0.15) is 110 Å². The first kappa shape index (κ1) is 19.0. The second kappa shape index (κ2) is 11.5. The second-order valence-corrected chi connectivity index (χ2v) is 7.38. The number of unbranched alkanes of at least 4 members (excludes halogenated alkanes) is 9. The Morgan fingerprint density at radius 3 is 1.71 bits per heavy atom. The van der Waals surface area contributed by atoms with Gasteiger partial charge in [-0.25, -0.2) is 0 Å². The maximum Gasteiger partial charge on any atom is 0.0665 e. The van der Waals surface area contributed by atoms with Crippen LogP contribution in [0.5, 0.6) is 0 Å². The molecule has 1 aliphatic carbocycles. The summed E-state index contributed by atoms with van der Waals surface area (Å²) in [6, 6.07) is 0. The standard InChI is InChI=1S/C19H40N2/c1-2-3-4-5-6-7-8-9-10-14-17-19(20,21)18-15-12-11-13-16-18/h18H,2-17,20-21H2,1H3. The largest absolute Gasteiger partial charge is 0.313 e. The molecule has 1 saturated carbocycles. The van der Waals surface area contributed by atoms with Gasteiger partial charge in [0.2, 0.25) is 0 Å². The van der Waals surface area contributed by atoms with E-state index in [9.17, 15) is 0 Å². The molecule has 0 aromatic carbocycles. The van der Waals surface area contributed by atoms with Crippen molar-refractivity contribution in [1.29, 1.82) is 0 Å². The van der Waals surface area contributed by atoms with E-state index in [0.29, 0.717) is 5.92 Å². The zero-order valence-electron chi connectivity index (χ0n) is 14.5. The Morgan fingerprint density at radius 1 is 0.714 bits per heavy atom. The summed E-state index contributed by atoms with van der Waals surface area (Å²) in [4.78, 5) is 0. The lowest BCUT2D eigenvalue weighted by atomic mass is 9.78. The molecule has 1 rings (SSSR count). The fourth-order valence-electron chi connectivity index (χ4n) is 3.76. The van der Waals surface area contributed by atoms with Crippen molar-refractivity contribution in [1.82, 2.24) is 0 Å². The maximum atomic E-state index is 6.38. The number of rotatable bonds is 12. The maximum absolute atomic E-state index is 6.38. The van der Waals surface area contributed by atoms with Crippen molar-refractivity contribution in [2.24, 2.45) is 17.4 Å². The van der Waals surface area contributed by atoms with Crippen LogP contribution in [0.25, 0.3) is 0 Å². The molecule has 0 heterocycles. The van der Waals surface area contributed by atoms with E-state index in [-0.39, 0.29) is 5.66 Å². The van der Waals surface area contributed by atoms with E-state index in [1.54, 1.807) is 0 Å². The average molecular weight is 297 g/mol. The van der Waals surface area contributed by atoms with Crippen LogP contribution in [0.3, 0.4) is 0 Å². The highest BCUT2D eigenvalue weighted by molar-refractivity contribution is 4.87. The highest BCUT2D eigenvalue weighted by atomic mass is 15.0. The fourth-order valence-corrected chi connectivity index (χ4v) is 3.76. The van der Waals surface area contributed by atoms with E-state index < -0.39 is 0 Å². The lowest BCUT2D eigenvalue weighted by Crippen LogP contribution is -2.56. The summed E-state index contributed by atoms with van der Waals surface area (Å²) in [6.07, 6.45) is 21.4. The molecule has 1 aliphatic rings. The van der Waals surface area contributed by atoms with E-state index in [2.05, 4.69) is 6.92 Å². The molecule has 0 unspecified atom stereocenters. The van der Waals surface area contributed by atoms with Crippen LogP contribution in [-0.4, -0.2) is 5.66 Å². The van der Waals surface area contributed by atoms with Gasteiger partial charge in [0.25, 0.3) is 0 Å². The Kier molecular flexibility index (Phi) is 10.4. The van der Waals surface area contributed by atoms with Gasteiger partial charge in [-0.05, 0) is 25.2 Å². The van der Waals surface area contributed by atoms with Gasteiger partial charge in [0.15, 0.2) is 0 Å². The van der Waals surface area contributed by atoms with Gasteiger partial charge in [0.05, 0.1) is 5.66 Å². The smallest absolute Gasteiger partial charge is 0.0665 e. The Labute approximate surface area is 133 Å². The van der Waals surface area contributed by atoms with Gasteiger partial charge in [-0.2, -0.15) is 0 Å². The first-order valence-corrected chi connectivity index (χ1v) is 9.74. The molecule has 0 aromatic heterocycles. The molecule has 4 N–H and O–H groups in total. The van der Waals surface area contributed by atoms with Crippen LogP contribution in [0.15, 0.2) is 0 Å². The SMILES string of the molecule is CCCCCCCCCCCCC(N)(N)C1CCCCC1. The van der Waals surface area contributed by atoms with Gasteiger partial charge >= 0.3 is 0 Å². The third-order valence-electron chi connectivity index (χ3n) is 5.33. The zero-order chi connectivity index (χ0) is 15.4. The normalized spacial score (nSPS) is 17.3. The van der Waals surface area contributed by atoms with Crippen molar-refractivity contribution in [3.05, 3.63) is 0 Å². The van der Waals surface area contributed by atoms with E-state index in [1.165, 1.54) is 96.3 Å². The van der Waals surface area contributed by atoms with Crippen LogP contribution < -0.4 is 11.5 Å². The van der Waals surface area contributed by atoms with Crippen LogP contribution in [0.2, 0.25) is 0 Å². The first-order chi connectivity index (χ1) is 10.2. The van der Waals surface area contributed by atoms with Gasteiger partial charge < -0.3 is 11.5 Å². The lowest BCUT2D eigenvalue weighted by molar-refractivity contribution is 0.194. The minimum Gasteiger partial charge on any atom is -0.313 e. The van der Waals surface area contributed by atoms with Crippen LogP contribution in [-0.2, 0) is 0 Å². The summed E-state index contributed by atoms with van der Waals surface area (Å²) < 4.78 is 0. The fraction of sp³-hybridized carbons (Fsp3) is 1.00. The summed E-state index contributed by atoms with van der Waals surface area (Å²) in [5, 5.41) is 0. The molecule has 0 saturated heterocycles. The molecule has 2 nitrogen and oxygen atoms in total. The van der Waals surface area contributed by atoms with Gasteiger partial charge in [-0.3, -0.25) is 0 Å². The minimum atomic E-state index is -0.388. The highest BCUT2D eigenvalue weighted by Gasteiger charge is 2.30. The molecule has 0 spiro atoms. The molecule has 0 bridgehead atoms. The van der Waals surface area contributed by atoms with Crippen molar-refractivity contribution in [2.45, 2.75) is 115 Å². The highest BCUT2D eigenvalue weighted by Crippen LogP contribution is 2.31. The molecule has 2 heteroatoms. The first-order valence-electron chi connectivity index (χ1n) is 9.74. The van der Waals surface area contributed by atoms with E-state index in [0.717, 1.165) is 6.42 Å². The molecule has 126 valence electrons. The van der Waals surface area contributed by atoms with E-state index in [4.69, 9.17) is 11.5 Å². The Morgan fingerprint density at radius 2 is 1.19 bits per heavy atom. The van der Waals surface area contributed by atoms with Gasteiger partial charge in [-0.1, -0.05) is 90.4 Å². The van der Waals surface area contributed by atoms with Crippen molar-refractivity contribution >= 4 is 0 Å². The number of hydrogen-bond acceptors (Lipinski definition) is 2. The molecular weight excluding hydrogens is 256 g/mol. The zero-order valence-corrected chi connectivity index (χ0v) is 14.5. The van der Waals surface area contributed by atoms with Crippen molar-refractivity contribution < 1.29 is 0 Å². The molecular formula is C19H40N2. The predicted molar refractivity (Wildman–Crippen MR) is 94.1 cm³/mol. The molecule has 0 aromatic rings. The molecule has 0 radical (unpaired) electrons. The average Bonchev–Trinajstić information content (AvgIpc) is 2.50. The van der Waals surface area contributed by atoms with Crippen molar-refractivity contribution in [2.75, 3.05) is 0 Å². The Bertz CT molecular complexity index is 232. The van der Waals surface area contributed by atoms with Gasteiger partial charge in [-0.15, -0.1) is 0 Å². The second-order valence-electron chi connectivity index (χ2n) is 7.38. The van der Waals surface area contributed by atoms with Crippen LogP contribution >= 0.6 is 0 Å². The molecule has 0 aliphatic heterocycles. The summed E-state index contributed by atoms with van der Waals surface area (Å²) in [5.41, 5.74) is 12.4. The van der Waals surface area contributed by atoms with Crippen molar-refractivity contribution in [3.8, 4) is 0 Å². The Hall–Kier alpha value is -0.0800. The minimum absolute atomic E-state index is 0.388. The Balaban J connectivity index is 1.93. The summed E-state index contributed by atoms with van der Waals surface area (Å²) >= 11 is 0. The van der Waals surface area contributed by atoms with Crippen LogP contribution in [0, 0.1) is 5.92 Å². The number of hydrogen-bond donors (Lipinski definition) is 2. The summed E-state index contributed by atoms with van der Waals surface area (Å²) in [5.74, 6) is 0.574. The molecule has 0 amide bonds. The van der Waals surface area contributed by atoms with Crippen LogP contribution in [0.4, 0.5) is 0 Å². The quantitative estimate of drug-likeness (QED) is 0.369. The molecule has 0 atom stereocenters. The lowest BCUT2D eigenvalue weighted by Gasteiger charge is -2.36. The van der Waals surface area contributed by atoms with E-state index in [1.807, 2.05) is 0 Å². The third-order valence-corrected chi connectivity index (χ3v) is 5.33. The van der Waals surface area contributed by atoms with Gasteiger partial charge in [0, 0.05) is 0 Å². The monoisotopic (exact) mass is 296 g/mol. The summed E-state index contributed by atoms with van der Waals surface area (Å²) in [7, 11) is 0. The van der Waals surface area contributed by atoms with Gasteiger partial charge in [0.1, 0.15) is 0 Å². The summed E-state index contributed by atoms with van der Waals surface area (Å²) in [6.45, 7) is 2.28. The molecule has 21 heavy (non-hydrogen) atoms. The topological polar surface area (TPSA) is 52.0 Å². The van der Waals surface area contributed by atoms with E-state index >= 15 is 0 Å². The number of nitrogens with two attached hydrogens (primary N) is 2. The predicted octanol–water partition coefficient (Wildman–Crippen LogP) is 5.49. The van der Waals surface area contributed by atoms with Crippen molar-refractivity contribution in [3.63, 3.8) is 0 Å². The molecule has 1 fully saturated rings. The third kappa shape index (κ3) is 8.83.